The van der Waals surface area contributed by atoms with E-state index < -0.39 is 10.0 Å². The van der Waals surface area contributed by atoms with Gasteiger partial charge in [0.05, 0.1) is 10.9 Å². The third-order valence-electron chi connectivity index (χ3n) is 7.15. The third-order valence-corrected chi connectivity index (χ3v) is 8.66. The van der Waals surface area contributed by atoms with Gasteiger partial charge in [-0.3, -0.25) is 4.79 Å². The molecule has 1 aromatic carbocycles. The highest BCUT2D eigenvalue weighted by Gasteiger charge is 2.29. The molecule has 2 aliphatic carbocycles. The fourth-order valence-electron chi connectivity index (χ4n) is 5.25. The summed E-state index contributed by atoms with van der Waals surface area (Å²) in [6.07, 6.45) is 8.46. The summed E-state index contributed by atoms with van der Waals surface area (Å²) in [5.41, 5.74) is 2.12. The Morgan fingerprint density at radius 3 is 2.53 bits per heavy atom. The molecule has 7 heteroatoms. The number of sulfonamides is 1. The van der Waals surface area contributed by atoms with Crippen molar-refractivity contribution in [3.05, 3.63) is 29.3 Å². The molecule has 4 rings (SSSR count). The van der Waals surface area contributed by atoms with Crippen LogP contribution >= 0.6 is 0 Å². The van der Waals surface area contributed by atoms with Gasteiger partial charge in [-0.15, -0.1) is 0 Å². The van der Waals surface area contributed by atoms with Crippen LogP contribution in [-0.4, -0.2) is 44.9 Å². The first kappa shape index (κ1) is 21.8. The Hall–Kier alpha value is -1.44. The zero-order valence-electron chi connectivity index (χ0n) is 18.0. The molecule has 2 N–H and O–H groups in total. The fraction of sp³-hybridized carbons (Fsp3) is 0.696. The molecule has 1 aliphatic heterocycles. The minimum absolute atomic E-state index is 0.0536. The summed E-state index contributed by atoms with van der Waals surface area (Å²) in [7, 11) is -3.52. The zero-order chi connectivity index (χ0) is 21.1. The van der Waals surface area contributed by atoms with Gasteiger partial charge in [-0.1, -0.05) is 25.8 Å². The zero-order valence-corrected chi connectivity index (χ0v) is 18.8. The molecule has 0 unspecified atom stereocenters. The molecule has 0 radical (unpaired) electrons. The van der Waals surface area contributed by atoms with Gasteiger partial charge < -0.3 is 10.2 Å². The average molecular weight is 434 g/mol. The maximum Gasteiger partial charge on any atom is 0.240 e. The molecule has 2 fully saturated rings. The Morgan fingerprint density at radius 1 is 1.10 bits per heavy atom. The molecule has 1 saturated carbocycles. The van der Waals surface area contributed by atoms with Crippen molar-refractivity contribution in [3.8, 4) is 0 Å². The number of benzene rings is 1. The van der Waals surface area contributed by atoms with E-state index in [1.807, 2.05) is 6.07 Å². The Bertz CT molecular complexity index is 856. The lowest BCUT2D eigenvalue weighted by Gasteiger charge is -2.30. The average Bonchev–Trinajstić information content (AvgIpc) is 3.38. The van der Waals surface area contributed by atoms with Crippen molar-refractivity contribution < 1.29 is 13.2 Å². The normalized spacial score (nSPS) is 23.6. The summed E-state index contributed by atoms with van der Waals surface area (Å²) in [6.45, 7) is 5.42. The lowest BCUT2D eigenvalue weighted by Crippen LogP contribution is -2.36. The molecule has 0 bridgehead atoms. The molecule has 30 heavy (non-hydrogen) atoms. The number of fused-ring (bicyclic) bond motifs is 1. The maximum absolute atomic E-state index is 12.8. The second-order valence-corrected chi connectivity index (χ2v) is 10.9. The van der Waals surface area contributed by atoms with E-state index in [2.05, 4.69) is 21.9 Å². The van der Waals surface area contributed by atoms with E-state index in [1.54, 1.807) is 12.1 Å². The van der Waals surface area contributed by atoms with Crippen LogP contribution in [0.2, 0.25) is 0 Å². The van der Waals surface area contributed by atoms with Crippen molar-refractivity contribution in [2.24, 2.45) is 5.92 Å². The van der Waals surface area contributed by atoms with E-state index in [4.69, 9.17) is 0 Å². The van der Waals surface area contributed by atoms with Crippen LogP contribution in [0.4, 0.5) is 0 Å². The van der Waals surface area contributed by atoms with Crippen molar-refractivity contribution in [2.45, 2.75) is 81.7 Å². The second-order valence-electron chi connectivity index (χ2n) is 9.20. The van der Waals surface area contributed by atoms with Gasteiger partial charge in [0.2, 0.25) is 15.9 Å². The van der Waals surface area contributed by atoms with Gasteiger partial charge in [-0.25, -0.2) is 13.1 Å². The van der Waals surface area contributed by atoms with E-state index in [9.17, 15) is 13.2 Å². The molecule has 1 saturated heterocycles. The highest BCUT2D eigenvalue weighted by molar-refractivity contribution is 7.89. The Kier molecular flexibility index (Phi) is 6.80. The highest BCUT2D eigenvalue weighted by atomic mass is 32.2. The fourth-order valence-corrected chi connectivity index (χ4v) is 6.59. The van der Waals surface area contributed by atoms with Crippen LogP contribution in [0.1, 0.15) is 75.5 Å². The lowest BCUT2D eigenvalue weighted by atomic mass is 9.93. The summed E-state index contributed by atoms with van der Waals surface area (Å²) in [4.78, 5) is 15.4. The van der Waals surface area contributed by atoms with Crippen LogP contribution in [0, 0.1) is 5.92 Å². The lowest BCUT2D eigenvalue weighted by molar-refractivity contribution is -0.123. The maximum atomic E-state index is 12.8. The number of rotatable bonds is 7. The number of nitrogens with zero attached hydrogens (tertiary/aromatic N) is 1. The van der Waals surface area contributed by atoms with Gasteiger partial charge >= 0.3 is 0 Å². The molecule has 166 valence electrons. The molecule has 1 atom stereocenters. The van der Waals surface area contributed by atoms with Crippen LogP contribution in [0.25, 0.3) is 0 Å². The smallest absolute Gasteiger partial charge is 0.240 e. The van der Waals surface area contributed by atoms with E-state index in [0.717, 1.165) is 82.1 Å². The Morgan fingerprint density at radius 2 is 1.83 bits per heavy atom. The molecule has 0 spiro atoms. The van der Waals surface area contributed by atoms with Gasteiger partial charge in [-0.2, -0.15) is 0 Å². The molecular weight excluding hydrogens is 398 g/mol. The number of carbonyl (C=O) groups is 1. The van der Waals surface area contributed by atoms with E-state index in [1.165, 1.54) is 0 Å². The number of hydrogen-bond acceptors (Lipinski definition) is 4. The first-order valence-corrected chi connectivity index (χ1v) is 13.1. The summed E-state index contributed by atoms with van der Waals surface area (Å²) in [5, 5.41) is 3.19. The largest absolute Gasteiger partial charge is 0.349 e. The van der Waals surface area contributed by atoms with Crippen LogP contribution < -0.4 is 10.0 Å². The number of aryl methyl sites for hydroxylation is 1. The molecule has 1 heterocycles. The van der Waals surface area contributed by atoms with Crippen molar-refractivity contribution in [3.63, 3.8) is 0 Å². The molecule has 1 aromatic rings. The topological polar surface area (TPSA) is 78.5 Å². The summed E-state index contributed by atoms with van der Waals surface area (Å²) in [5.74, 6) is 0.552. The quantitative estimate of drug-likeness (QED) is 0.692. The molecule has 0 aromatic heterocycles. The van der Waals surface area contributed by atoms with Crippen LogP contribution in [0.3, 0.4) is 0 Å². The summed E-state index contributed by atoms with van der Waals surface area (Å²) < 4.78 is 28.5. The summed E-state index contributed by atoms with van der Waals surface area (Å²) in [6, 6.07) is 5.39. The Balaban J connectivity index is 1.38. The minimum atomic E-state index is -3.52. The molecular formula is C23H35N3O3S. The van der Waals surface area contributed by atoms with Crippen molar-refractivity contribution in [1.82, 2.24) is 14.9 Å². The molecule has 6 nitrogen and oxygen atoms in total. The van der Waals surface area contributed by atoms with E-state index >= 15 is 0 Å². The number of amides is 1. The van der Waals surface area contributed by atoms with Gasteiger partial charge in [0.1, 0.15) is 0 Å². The summed E-state index contributed by atoms with van der Waals surface area (Å²) >= 11 is 0. The van der Waals surface area contributed by atoms with Gasteiger partial charge in [-0.05, 0) is 87.3 Å². The highest BCUT2D eigenvalue weighted by Crippen LogP contribution is 2.33. The predicted molar refractivity (Wildman–Crippen MR) is 118 cm³/mol. The first-order chi connectivity index (χ1) is 14.4. The van der Waals surface area contributed by atoms with E-state index in [-0.39, 0.29) is 18.0 Å². The standard InChI is InChI=1S/C23H35N3O3S/c1-2-26-13-11-17(12-14-26)15-23(27)24-22-10-8-18-7-9-20(16-21(18)22)30(28,29)25-19-5-3-4-6-19/h7,9,16-17,19,22,25H,2-6,8,10-15H2,1H3,(H,24,27)/t22-/m1/s1. The Labute approximate surface area is 180 Å². The van der Waals surface area contributed by atoms with E-state index in [0.29, 0.717) is 17.2 Å². The first-order valence-electron chi connectivity index (χ1n) is 11.6. The minimum Gasteiger partial charge on any atom is -0.349 e. The number of likely N-dealkylation sites (tertiary alicyclic amines) is 1. The van der Waals surface area contributed by atoms with Crippen LogP contribution in [0.5, 0.6) is 0 Å². The number of carbonyl (C=O) groups excluding carboxylic acids is 1. The predicted octanol–water partition coefficient (Wildman–Crippen LogP) is 3.13. The van der Waals surface area contributed by atoms with Crippen molar-refractivity contribution >= 4 is 15.9 Å². The number of piperidine rings is 1. The monoisotopic (exact) mass is 433 g/mol. The van der Waals surface area contributed by atoms with Gasteiger partial charge in [0, 0.05) is 12.5 Å². The van der Waals surface area contributed by atoms with Crippen LogP contribution in [-0.2, 0) is 21.2 Å². The third kappa shape index (κ3) is 5.06. The van der Waals surface area contributed by atoms with Gasteiger partial charge in [0.25, 0.3) is 0 Å². The van der Waals surface area contributed by atoms with Gasteiger partial charge in [0.15, 0.2) is 0 Å². The van der Waals surface area contributed by atoms with Crippen LogP contribution in [0.15, 0.2) is 23.1 Å². The second kappa shape index (κ2) is 9.37. The molecule has 3 aliphatic rings. The SMILES string of the molecule is CCN1CCC(CC(=O)N[C@@H]2CCc3ccc(S(=O)(=O)NC4CCCC4)cc32)CC1. The van der Waals surface area contributed by atoms with Crippen molar-refractivity contribution in [2.75, 3.05) is 19.6 Å². The number of nitrogens with one attached hydrogen (secondary N) is 2. The van der Waals surface area contributed by atoms with Crippen molar-refractivity contribution in [1.29, 1.82) is 0 Å². The molecule has 1 amide bonds. The number of hydrogen-bond donors (Lipinski definition) is 2.